The van der Waals surface area contributed by atoms with E-state index in [-0.39, 0.29) is 17.9 Å². The number of hydrogen-bond donors (Lipinski definition) is 1. The van der Waals surface area contributed by atoms with Gasteiger partial charge in [-0.3, -0.25) is 9.69 Å². The van der Waals surface area contributed by atoms with Crippen molar-refractivity contribution in [3.05, 3.63) is 24.2 Å². The summed E-state index contributed by atoms with van der Waals surface area (Å²) in [6, 6.07) is 3.87. The van der Waals surface area contributed by atoms with Crippen LogP contribution in [-0.4, -0.2) is 61.1 Å². The number of furan rings is 1. The van der Waals surface area contributed by atoms with Crippen LogP contribution < -0.4 is 5.32 Å². The monoisotopic (exact) mass is 335 g/mol. The van der Waals surface area contributed by atoms with E-state index in [0.717, 1.165) is 44.7 Å². The van der Waals surface area contributed by atoms with Crippen molar-refractivity contribution in [2.24, 2.45) is 5.92 Å². The highest BCUT2D eigenvalue weighted by atomic mass is 16.6. The molecule has 3 heterocycles. The summed E-state index contributed by atoms with van der Waals surface area (Å²) < 4.78 is 10.3. The average Bonchev–Trinajstić information content (AvgIpc) is 3.10. The molecular weight excluding hydrogens is 310 g/mol. The van der Waals surface area contributed by atoms with Crippen LogP contribution >= 0.6 is 0 Å². The number of hydrogen-bond acceptors (Lipinski definition) is 5. The molecule has 1 aromatic rings. The van der Waals surface area contributed by atoms with Gasteiger partial charge in [0.15, 0.2) is 0 Å². The SMILES string of the molecule is O=C(NCCN1CCCOC1=O)C1CCN(Cc2ccco2)CC1. The van der Waals surface area contributed by atoms with E-state index in [1.807, 2.05) is 12.1 Å². The largest absolute Gasteiger partial charge is 0.468 e. The molecule has 0 atom stereocenters. The number of nitrogens with zero attached hydrogens (tertiary/aromatic N) is 2. The van der Waals surface area contributed by atoms with E-state index in [9.17, 15) is 9.59 Å². The van der Waals surface area contributed by atoms with Crippen molar-refractivity contribution in [3.63, 3.8) is 0 Å². The lowest BCUT2D eigenvalue weighted by molar-refractivity contribution is -0.126. The molecule has 2 fully saturated rings. The highest BCUT2D eigenvalue weighted by Crippen LogP contribution is 2.19. The molecule has 0 aliphatic carbocycles. The summed E-state index contributed by atoms with van der Waals surface area (Å²) in [5.74, 6) is 1.12. The quantitative estimate of drug-likeness (QED) is 0.852. The van der Waals surface area contributed by atoms with Gasteiger partial charge in [0, 0.05) is 25.6 Å². The zero-order valence-electron chi connectivity index (χ0n) is 13.9. The molecule has 0 bridgehead atoms. The molecule has 0 spiro atoms. The lowest BCUT2D eigenvalue weighted by atomic mass is 9.96. The van der Waals surface area contributed by atoms with Crippen molar-refractivity contribution in [3.8, 4) is 0 Å². The second-order valence-corrected chi connectivity index (χ2v) is 6.38. The van der Waals surface area contributed by atoms with E-state index in [1.54, 1.807) is 11.2 Å². The van der Waals surface area contributed by atoms with Crippen LogP contribution in [0.25, 0.3) is 0 Å². The fraction of sp³-hybridized carbons (Fsp3) is 0.647. The summed E-state index contributed by atoms with van der Waals surface area (Å²) in [5, 5.41) is 2.96. The lowest BCUT2D eigenvalue weighted by Crippen LogP contribution is -2.45. The third kappa shape index (κ3) is 4.50. The molecule has 1 aromatic heterocycles. The van der Waals surface area contributed by atoms with Gasteiger partial charge < -0.3 is 19.4 Å². The Bertz CT molecular complexity index is 538. The summed E-state index contributed by atoms with van der Waals surface area (Å²) in [4.78, 5) is 27.7. The molecule has 3 rings (SSSR count). The van der Waals surface area contributed by atoms with Gasteiger partial charge in [-0.25, -0.2) is 4.79 Å². The second-order valence-electron chi connectivity index (χ2n) is 6.38. The van der Waals surface area contributed by atoms with Gasteiger partial charge in [0.1, 0.15) is 5.76 Å². The highest BCUT2D eigenvalue weighted by molar-refractivity contribution is 5.78. The highest BCUT2D eigenvalue weighted by Gasteiger charge is 2.25. The van der Waals surface area contributed by atoms with E-state index < -0.39 is 0 Å². The number of carbonyl (C=O) groups excluding carboxylic acids is 2. The van der Waals surface area contributed by atoms with Crippen LogP contribution in [0.2, 0.25) is 0 Å². The minimum atomic E-state index is -0.276. The number of amides is 2. The maximum atomic E-state index is 12.3. The van der Waals surface area contributed by atoms with Crippen molar-refractivity contribution >= 4 is 12.0 Å². The van der Waals surface area contributed by atoms with Crippen LogP contribution in [0.4, 0.5) is 4.79 Å². The van der Waals surface area contributed by atoms with Crippen molar-refractivity contribution < 1.29 is 18.7 Å². The molecule has 1 N–H and O–H groups in total. The minimum absolute atomic E-state index is 0.0613. The Morgan fingerprint density at radius 2 is 2.12 bits per heavy atom. The van der Waals surface area contributed by atoms with Crippen molar-refractivity contribution in [2.75, 3.05) is 39.3 Å². The zero-order valence-corrected chi connectivity index (χ0v) is 13.9. The van der Waals surface area contributed by atoms with Crippen LogP contribution in [0, 0.1) is 5.92 Å². The lowest BCUT2D eigenvalue weighted by Gasteiger charge is -2.31. The number of carbonyl (C=O) groups is 2. The molecule has 0 radical (unpaired) electrons. The van der Waals surface area contributed by atoms with E-state index in [4.69, 9.17) is 9.15 Å². The standard InChI is InChI=1S/C17H25N3O4/c21-16(18-6-10-20-7-2-12-24-17(20)22)14-4-8-19(9-5-14)13-15-3-1-11-23-15/h1,3,11,14H,2,4-10,12-13H2,(H,18,21). The van der Waals surface area contributed by atoms with Crippen molar-refractivity contribution in [1.82, 2.24) is 15.1 Å². The van der Waals surface area contributed by atoms with Crippen molar-refractivity contribution in [1.29, 1.82) is 0 Å². The zero-order chi connectivity index (χ0) is 16.8. The average molecular weight is 335 g/mol. The molecule has 7 heteroatoms. The van der Waals surface area contributed by atoms with Crippen LogP contribution in [-0.2, 0) is 16.1 Å². The van der Waals surface area contributed by atoms with Gasteiger partial charge in [-0.2, -0.15) is 0 Å². The van der Waals surface area contributed by atoms with Gasteiger partial charge in [-0.05, 0) is 44.5 Å². The summed E-state index contributed by atoms with van der Waals surface area (Å²) in [6.07, 6.45) is 3.99. The second kappa shape index (κ2) is 8.19. The van der Waals surface area contributed by atoms with Crippen LogP contribution in [0.1, 0.15) is 25.0 Å². The number of nitrogens with one attached hydrogen (secondary N) is 1. The van der Waals surface area contributed by atoms with Gasteiger partial charge in [-0.1, -0.05) is 0 Å². The third-order valence-electron chi connectivity index (χ3n) is 4.65. The van der Waals surface area contributed by atoms with E-state index in [2.05, 4.69) is 10.2 Å². The molecule has 2 aliphatic heterocycles. The molecule has 2 aliphatic rings. The predicted molar refractivity (Wildman–Crippen MR) is 87.3 cm³/mol. The van der Waals surface area contributed by atoms with E-state index in [1.165, 1.54) is 0 Å². The Hall–Kier alpha value is -2.02. The Kier molecular flexibility index (Phi) is 5.74. The number of ether oxygens (including phenoxy) is 1. The molecule has 132 valence electrons. The summed E-state index contributed by atoms with van der Waals surface area (Å²) >= 11 is 0. The van der Waals surface area contributed by atoms with Gasteiger partial charge in [-0.15, -0.1) is 0 Å². The third-order valence-corrected chi connectivity index (χ3v) is 4.65. The van der Waals surface area contributed by atoms with Gasteiger partial charge in [0.2, 0.25) is 5.91 Å². The van der Waals surface area contributed by atoms with Crippen LogP contribution in [0.15, 0.2) is 22.8 Å². The number of piperidine rings is 1. The summed E-state index contributed by atoms with van der Waals surface area (Å²) in [7, 11) is 0. The topological polar surface area (TPSA) is 75.0 Å². The Morgan fingerprint density at radius 3 is 2.83 bits per heavy atom. The minimum Gasteiger partial charge on any atom is -0.468 e. The number of rotatable bonds is 6. The molecule has 24 heavy (non-hydrogen) atoms. The van der Waals surface area contributed by atoms with Gasteiger partial charge in [0.25, 0.3) is 0 Å². The molecule has 0 aromatic carbocycles. The first-order valence-electron chi connectivity index (χ1n) is 8.66. The first-order valence-corrected chi connectivity index (χ1v) is 8.66. The maximum absolute atomic E-state index is 12.3. The summed E-state index contributed by atoms with van der Waals surface area (Å²) in [5.41, 5.74) is 0. The maximum Gasteiger partial charge on any atom is 0.409 e. The molecule has 2 amide bonds. The molecule has 0 saturated carbocycles. The number of cyclic esters (lactones) is 1. The first-order chi connectivity index (χ1) is 11.7. The molecular formula is C17H25N3O4. The first kappa shape index (κ1) is 16.8. The Morgan fingerprint density at radius 1 is 1.29 bits per heavy atom. The van der Waals surface area contributed by atoms with Crippen molar-refractivity contribution in [2.45, 2.75) is 25.8 Å². The fourth-order valence-electron chi connectivity index (χ4n) is 3.24. The summed E-state index contributed by atoms with van der Waals surface area (Å²) in [6.45, 7) is 4.81. The number of likely N-dealkylation sites (tertiary alicyclic amines) is 1. The molecule has 2 saturated heterocycles. The van der Waals surface area contributed by atoms with Gasteiger partial charge in [0.05, 0.1) is 19.4 Å². The molecule has 0 unspecified atom stereocenters. The molecule has 7 nitrogen and oxygen atoms in total. The smallest absolute Gasteiger partial charge is 0.409 e. The Balaban J connectivity index is 1.33. The normalized spacial score (nSPS) is 20.0. The van der Waals surface area contributed by atoms with E-state index >= 15 is 0 Å². The van der Waals surface area contributed by atoms with Gasteiger partial charge >= 0.3 is 6.09 Å². The Labute approximate surface area is 141 Å². The van der Waals surface area contributed by atoms with Crippen LogP contribution in [0.5, 0.6) is 0 Å². The fourth-order valence-corrected chi connectivity index (χ4v) is 3.24. The van der Waals surface area contributed by atoms with Crippen LogP contribution in [0.3, 0.4) is 0 Å². The van der Waals surface area contributed by atoms with E-state index in [0.29, 0.717) is 26.2 Å². The predicted octanol–water partition coefficient (Wildman–Crippen LogP) is 1.45.